The highest BCUT2D eigenvalue weighted by Crippen LogP contribution is 2.20. The number of benzene rings is 1. The Kier molecular flexibility index (Phi) is 12.1. The Balaban J connectivity index is 0.00000420. The average Bonchev–Trinajstić information content (AvgIpc) is 2.73. The molecule has 7 nitrogen and oxygen atoms in total. The van der Waals surface area contributed by atoms with E-state index in [4.69, 9.17) is 14.2 Å². The van der Waals surface area contributed by atoms with Crippen molar-refractivity contribution < 1.29 is 14.2 Å². The Morgan fingerprint density at radius 2 is 1.90 bits per heavy atom. The normalized spacial score (nSPS) is 10.8. The van der Waals surface area contributed by atoms with Crippen molar-refractivity contribution in [1.82, 2.24) is 15.6 Å². The Morgan fingerprint density at radius 3 is 2.55 bits per heavy atom. The Bertz CT molecular complexity index is 754. The highest BCUT2D eigenvalue weighted by atomic mass is 127. The first-order chi connectivity index (χ1) is 13.7. The molecule has 0 aliphatic carbocycles. The van der Waals surface area contributed by atoms with Crippen LogP contribution in [0.3, 0.4) is 0 Å². The highest BCUT2D eigenvalue weighted by Gasteiger charge is 2.06. The minimum Gasteiger partial charge on any atom is -0.491 e. The Morgan fingerprint density at radius 1 is 1.10 bits per heavy atom. The predicted octanol–water partition coefficient (Wildman–Crippen LogP) is 3.30. The van der Waals surface area contributed by atoms with Crippen molar-refractivity contribution in [3.63, 3.8) is 0 Å². The van der Waals surface area contributed by atoms with Crippen LogP contribution in [-0.2, 0) is 17.8 Å². The maximum Gasteiger partial charge on any atom is 0.212 e. The summed E-state index contributed by atoms with van der Waals surface area (Å²) in [7, 11) is 3.35. The molecule has 0 aliphatic heterocycles. The number of halogens is 1. The molecule has 0 saturated heterocycles. The summed E-state index contributed by atoms with van der Waals surface area (Å²) in [5, 5.41) is 6.60. The molecule has 1 aromatic carbocycles. The van der Waals surface area contributed by atoms with Gasteiger partial charge in [-0.05, 0) is 31.0 Å². The van der Waals surface area contributed by atoms with Gasteiger partial charge in [-0.3, -0.25) is 4.99 Å². The van der Waals surface area contributed by atoms with Crippen molar-refractivity contribution in [2.75, 3.05) is 34.0 Å². The third-order valence-corrected chi connectivity index (χ3v) is 4.05. The predicted molar refractivity (Wildman–Crippen MR) is 126 cm³/mol. The monoisotopic (exact) mass is 514 g/mol. The van der Waals surface area contributed by atoms with Crippen LogP contribution in [0.25, 0.3) is 0 Å². The summed E-state index contributed by atoms with van der Waals surface area (Å²) in [5.41, 5.74) is 3.26. The molecule has 0 spiro atoms. The fourth-order valence-electron chi connectivity index (χ4n) is 2.52. The van der Waals surface area contributed by atoms with Crippen LogP contribution in [0.15, 0.2) is 41.5 Å². The van der Waals surface area contributed by atoms with Crippen molar-refractivity contribution >= 4 is 29.9 Å². The second kappa shape index (κ2) is 14.0. The summed E-state index contributed by atoms with van der Waals surface area (Å²) in [6, 6.07) is 9.99. The van der Waals surface area contributed by atoms with Crippen LogP contribution in [0, 0.1) is 6.92 Å². The summed E-state index contributed by atoms with van der Waals surface area (Å²) in [4.78, 5) is 8.48. The van der Waals surface area contributed by atoms with E-state index < -0.39 is 0 Å². The summed E-state index contributed by atoms with van der Waals surface area (Å²) < 4.78 is 16.3. The van der Waals surface area contributed by atoms with Crippen LogP contribution in [0.1, 0.15) is 23.6 Å². The maximum atomic E-state index is 5.89. The topological polar surface area (TPSA) is 77.0 Å². The molecule has 0 amide bonds. The van der Waals surface area contributed by atoms with E-state index in [1.165, 1.54) is 0 Å². The zero-order valence-electron chi connectivity index (χ0n) is 17.5. The van der Waals surface area contributed by atoms with Crippen molar-refractivity contribution in [3.05, 3.63) is 53.2 Å². The number of rotatable bonds is 10. The van der Waals surface area contributed by atoms with Gasteiger partial charge < -0.3 is 24.8 Å². The number of guanidine groups is 1. The zero-order chi connectivity index (χ0) is 20.2. The molecule has 0 aliphatic rings. The number of hydrogen-bond donors (Lipinski definition) is 2. The molecule has 160 valence electrons. The van der Waals surface area contributed by atoms with Gasteiger partial charge in [0.2, 0.25) is 5.88 Å². The van der Waals surface area contributed by atoms with Crippen LogP contribution in [0.4, 0.5) is 0 Å². The lowest BCUT2D eigenvalue weighted by Gasteiger charge is -2.15. The molecule has 1 heterocycles. The number of aryl methyl sites for hydroxylation is 1. The summed E-state index contributed by atoms with van der Waals surface area (Å²) in [5.74, 6) is 2.17. The zero-order valence-corrected chi connectivity index (χ0v) is 19.9. The van der Waals surface area contributed by atoms with Crippen LogP contribution in [0.2, 0.25) is 0 Å². The molecule has 0 saturated carbocycles. The van der Waals surface area contributed by atoms with E-state index >= 15 is 0 Å². The number of hydrogen-bond acceptors (Lipinski definition) is 5. The van der Waals surface area contributed by atoms with E-state index in [9.17, 15) is 0 Å². The first-order valence-electron chi connectivity index (χ1n) is 9.39. The molecule has 2 N–H and O–H groups in total. The van der Waals surface area contributed by atoms with Crippen LogP contribution in [0.5, 0.6) is 11.6 Å². The molecule has 0 bridgehead atoms. The molecule has 0 radical (unpaired) electrons. The molecule has 0 atom stereocenters. The number of ether oxygens (including phenoxy) is 3. The van der Waals surface area contributed by atoms with Gasteiger partial charge in [0.05, 0.1) is 13.7 Å². The van der Waals surface area contributed by atoms with Crippen molar-refractivity contribution in [2.45, 2.75) is 26.9 Å². The number of pyridine rings is 1. The average molecular weight is 514 g/mol. The van der Waals surface area contributed by atoms with Crippen molar-refractivity contribution in [1.29, 1.82) is 0 Å². The van der Waals surface area contributed by atoms with Crippen LogP contribution >= 0.6 is 24.0 Å². The van der Waals surface area contributed by atoms with E-state index in [0.717, 1.165) is 22.4 Å². The molecule has 0 fully saturated rings. The smallest absolute Gasteiger partial charge is 0.212 e. The van der Waals surface area contributed by atoms with Gasteiger partial charge in [-0.15, -0.1) is 24.0 Å². The minimum absolute atomic E-state index is 0. The second-order valence-electron chi connectivity index (χ2n) is 6.14. The largest absolute Gasteiger partial charge is 0.491 e. The number of aliphatic imine (C=N–C) groups is 1. The standard InChI is InChI=1S/C21H30N4O3.HI/c1-5-27-10-11-28-19-12-16(2)6-8-18(19)15-25-21(22-3)24-14-17-7-9-20(26-4)23-13-17;/h6-9,12-13H,5,10-11,14-15H2,1-4H3,(H2,22,24,25);1H. The minimum atomic E-state index is 0. The summed E-state index contributed by atoms with van der Waals surface area (Å²) in [6.45, 7) is 7.04. The highest BCUT2D eigenvalue weighted by molar-refractivity contribution is 14.0. The van der Waals surface area contributed by atoms with E-state index in [2.05, 4.69) is 39.7 Å². The lowest BCUT2D eigenvalue weighted by molar-refractivity contribution is 0.110. The summed E-state index contributed by atoms with van der Waals surface area (Å²) in [6.07, 6.45) is 1.78. The molecule has 0 unspecified atom stereocenters. The third-order valence-electron chi connectivity index (χ3n) is 4.05. The van der Waals surface area contributed by atoms with E-state index in [1.54, 1.807) is 20.4 Å². The van der Waals surface area contributed by atoms with Gasteiger partial charge in [0.1, 0.15) is 12.4 Å². The third kappa shape index (κ3) is 8.86. The van der Waals surface area contributed by atoms with Crippen LogP contribution < -0.4 is 20.1 Å². The van der Waals surface area contributed by atoms with E-state index in [1.807, 2.05) is 25.1 Å². The maximum absolute atomic E-state index is 5.89. The summed E-state index contributed by atoms with van der Waals surface area (Å²) >= 11 is 0. The molecule has 29 heavy (non-hydrogen) atoms. The molecule has 2 aromatic rings. The SMILES string of the molecule is CCOCCOc1cc(C)ccc1CNC(=NC)NCc1ccc(OC)nc1.I. The fourth-order valence-corrected chi connectivity index (χ4v) is 2.52. The van der Waals surface area contributed by atoms with Gasteiger partial charge in [0, 0.05) is 44.6 Å². The van der Waals surface area contributed by atoms with Crippen LogP contribution in [-0.4, -0.2) is 44.9 Å². The molecule has 2 rings (SSSR count). The second-order valence-corrected chi connectivity index (χ2v) is 6.14. The van der Waals surface area contributed by atoms with Gasteiger partial charge in [-0.25, -0.2) is 4.98 Å². The van der Waals surface area contributed by atoms with Gasteiger partial charge in [0.15, 0.2) is 5.96 Å². The van der Waals surface area contributed by atoms with E-state index in [-0.39, 0.29) is 24.0 Å². The lowest BCUT2D eigenvalue weighted by Crippen LogP contribution is -2.36. The number of nitrogens with zero attached hydrogens (tertiary/aromatic N) is 2. The molecular weight excluding hydrogens is 483 g/mol. The lowest BCUT2D eigenvalue weighted by atomic mass is 10.1. The van der Waals surface area contributed by atoms with Gasteiger partial charge >= 0.3 is 0 Å². The van der Waals surface area contributed by atoms with E-state index in [0.29, 0.717) is 44.7 Å². The molecular formula is C21H31IN4O3. The first-order valence-corrected chi connectivity index (χ1v) is 9.39. The number of methoxy groups -OCH3 is 1. The van der Waals surface area contributed by atoms with Gasteiger partial charge in [0.25, 0.3) is 0 Å². The fraction of sp³-hybridized carbons (Fsp3) is 0.429. The van der Waals surface area contributed by atoms with Crippen molar-refractivity contribution in [3.8, 4) is 11.6 Å². The Hall–Kier alpha value is -2.07. The molecule has 8 heteroatoms. The Labute approximate surface area is 190 Å². The van der Waals surface area contributed by atoms with Gasteiger partial charge in [-0.2, -0.15) is 0 Å². The van der Waals surface area contributed by atoms with Crippen molar-refractivity contribution in [2.24, 2.45) is 4.99 Å². The van der Waals surface area contributed by atoms with Gasteiger partial charge in [-0.1, -0.05) is 18.2 Å². The quantitative estimate of drug-likeness (QED) is 0.219. The number of nitrogens with one attached hydrogen (secondary N) is 2. The molecule has 1 aromatic heterocycles. The first kappa shape index (κ1) is 25.0. The number of aromatic nitrogens is 1.